The summed E-state index contributed by atoms with van der Waals surface area (Å²) in [5.41, 5.74) is 0.479. The molecule has 4 amide bonds. The Morgan fingerprint density at radius 3 is 2.47 bits per heavy atom. The van der Waals surface area contributed by atoms with Crippen LogP contribution in [-0.2, 0) is 15.1 Å². The minimum atomic E-state index is -1.41. The molecule has 156 valence electrons. The Bertz CT molecular complexity index is 1020. The fraction of sp³-hybridized carbons (Fsp3) is 0.286. The van der Waals surface area contributed by atoms with Gasteiger partial charge in [0.1, 0.15) is 12.1 Å². The van der Waals surface area contributed by atoms with Gasteiger partial charge in [-0.25, -0.2) is 4.79 Å². The summed E-state index contributed by atoms with van der Waals surface area (Å²) in [6.45, 7) is 5.12. The molecule has 0 saturated carbocycles. The number of carbonyl (C=O) groups is 3. The smallest absolute Gasteiger partial charge is 0.325 e. The third kappa shape index (κ3) is 4.00. The zero-order valence-electron chi connectivity index (χ0n) is 16.8. The van der Waals surface area contributed by atoms with E-state index in [0.29, 0.717) is 11.3 Å². The molecular formula is C21H22N4O5. The van der Waals surface area contributed by atoms with Crippen molar-refractivity contribution in [1.29, 1.82) is 0 Å². The molecule has 2 aromatic carbocycles. The molecule has 9 heteroatoms. The number of anilines is 1. The molecule has 9 nitrogen and oxygen atoms in total. The lowest BCUT2D eigenvalue weighted by Gasteiger charge is -2.22. The fourth-order valence-corrected chi connectivity index (χ4v) is 3.27. The Hall–Kier alpha value is -3.75. The normalized spacial score (nSPS) is 18.5. The van der Waals surface area contributed by atoms with Gasteiger partial charge in [0.2, 0.25) is 5.91 Å². The van der Waals surface area contributed by atoms with Crippen molar-refractivity contribution in [3.8, 4) is 0 Å². The Labute approximate surface area is 173 Å². The number of imide groups is 1. The van der Waals surface area contributed by atoms with Gasteiger partial charge in [0.05, 0.1) is 4.92 Å². The van der Waals surface area contributed by atoms with E-state index in [9.17, 15) is 24.5 Å². The highest BCUT2D eigenvalue weighted by atomic mass is 16.6. The van der Waals surface area contributed by atoms with Crippen molar-refractivity contribution < 1.29 is 19.3 Å². The number of hydrogen-bond acceptors (Lipinski definition) is 5. The number of hydrogen-bond donors (Lipinski definition) is 2. The first-order valence-electron chi connectivity index (χ1n) is 9.40. The number of benzene rings is 2. The van der Waals surface area contributed by atoms with Crippen molar-refractivity contribution in [2.45, 2.75) is 32.2 Å². The maximum absolute atomic E-state index is 12.9. The van der Waals surface area contributed by atoms with Crippen molar-refractivity contribution in [2.24, 2.45) is 0 Å². The maximum atomic E-state index is 12.9. The van der Waals surface area contributed by atoms with Gasteiger partial charge in [-0.15, -0.1) is 0 Å². The molecule has 0 aromatic heterocycles. The number of rotatable bonds is 6. The van der Waals surface area contributed by atoms with Crippen LogP contribution in [0.4, 0.5) is 16.2 Å². The lowest BCUT2D eigenvalue weighted by Crippen LogP contribution is -2.42. The molecule has 1 atom stereocenters. The van der Waals surface area contributed by atoms with Crippen LogP contribution in [0.3, 0.4) is 0 Å². The lowest BCUT2D eigenvalue weighted by atomic mass is 9.92. The molecule has 2 N–H and O–H groups in total. The first kappa shape index (κ1) is 21.0. The standard InChI is InChI=1S/C21H22N4O5/c1-13(2)14-5-4-6-16(11-14)22-18(26)12-24-19(27)21(3,23-20(24)28)15-7-9-17(10-8-15)25(29)30/h4-11,13H,12H2,1-3H3,(H,22,26)(H,23,28). The first-order chi connectivity index (χ1) is 14.1. The first-order valence-corrected chi connectivity index (χ1v) is 9.40. The monoisotopic (exact) mass is 410 g/mol. The van der Waals surface area contributed by atoms with Crippen LogP contribution >= 0.6 is 0 Å². The number of amides is 4. The number of non-ortho nitro benzene ring substituents is 1. The number of nitrogens with one attached hydrogen (secondary N) is 2. The van der Waals surface area contributed by atoms with Crippen molar-refractivity contribution in [3.05, 3.63) is 69.8 Å². The molecule has 0 bridgehead atoms. The fourth-order valence-electron chi connectivity index (χ4n) is 3.27. The van der Waals surface area contributed by atoms with Gasteiger partial charge in [-0.2, -0.15) is 0 Å². The van der Waals surface area contributed by atoms with Gasteiger partial charge in [0.25, 0.3) is 11.6 Å². The summed E-state index contributed by atoms with van der Waals surface area (Å²) in [7, 11) is 0. The van der Waals surface area contributed by atoms with Crippen molar-refractivity contribution in [2.75, 3.05) is 11.9 Å². The van der Waals surface area contributed by atoms with Gasteiger partial charge < -0.3 is 10.6 Å². The largest absolute Gasteiger partial charge is 0.325 e. The van der Waals surface area contributed by atoms with E-state index in [4.69, 9.17) is 0 Å². The molecule has 1 aliphatic heterocycles. The van der Waals surface area contributed by atoms with Crippen LogP contribution < -0.4 is 10.6 Å². The summed E-state index contributed by atoms with van der Waals surface area (Å²) in [4.78, 5) is 48.9. The molecule has 2 aromatic rings. The Morgan fingerprint density at radius 2 is 1.87 bits per heavy atom. The Kier molecular flexibility index (Phi) is 5.55. The Morgan fingerprint density at radius 1 is 1.20 bits per heavy atom. The molecule has 3 rings (SSSR count). The summed E-state index contributed by atoms with van der Waals surface area (Å²) in [6, 6.07) is 12.0. The average Bonchev–Trinajstić information content (AvgIpc) is 2.92. The zero-order valence-corrected chi connectivity index (χ0v) is 16.8. The predicted octanol–water partition coefficient (Wildman–Crippen LogP) is 3.12. The third-order valence-corrected chi connectivity index (χ3v) is 5.07. The maximum Gasteiger partial charge on any atom is 0.325 e. The second kappa shape index (κ2) is 7.94. The predicted molar refractivity (Wildman–Crippen MR) is 110 cm³/mol. The van der Waals surface area contributed by atoms with E-state index < -0.39 is 34.9 Å². The zero-order chi connectivity index (χ0) is 22.1. The molecule has 1 aliphatic rings. The number of nitro benzene ring substituents is 1. The van der Waals surface area contributed by atoms with Crippen molar-refractivity contribution >= 4 is 29.2 Å². The topological polar surface area (TPSA) is 122 Å². The minimum absolute atomic E-state index is 0.126. The van der Waals surface area contributed by atoms with Crippen LogP contribution in [0.2, 0.25) is 0 Å². The van der Waals surface area contributed by atoms with Crippen LogP contribution in [0, 0.1) is 10.1 Å². The van der Waals surface area contributed by atoms with Gasteiger partial charge >= 0.3 is 6.03 Å². The SMILES string of the molecule is CC(C)c1cccc(NC(=O)CN2C(=O)NC(C)(c3ccc([N+](=O)[O-])cc3)C2=O)c1. The molecule has 1 unspecified atom stereocenters. The molecule has 0 radical (unpaired) electrons. The highest BCUT2D eigenvalue weighted by molar-refractivity contribution is 6.10. The van der Waals surface area contributed by atoms with Gasteiger partial charge in [-0.3, -0.25) is 24.6 Å². The molecular weight excluding hydrogens is 388 g/mol. The van der Waals surface area contributed by atoms with Crippen LogP contribution in [-0.4, -0.2) is 34.2 Å². The van der Waals surface area contributed by atoms with E-state index in [-0.39, 0.29) is 11.6 Å². The van der Waals surface area contributed by atoms with Crippen LogP contribution in [0.15, 0.2) is 48.5 Å². The van der Waals surface area contributed by atoms with E-state index in [1.807, 2.05) is 32.0 Å². The Balaban J connectivity index is 1.73. The minimum Gasteiger partial charge on any atom is -0.325 e. The highest BCUT2D eigenvalue weighted by Gasteiger charge is 2.49. The molecule has 1 fully saturated rings. The third-order valence-electron chi connectivity index (χ3n) is 5.07. The van der Waals surface area contributed by atoms with Crippen LogP contribution in [0.1, 0.15) is 37.8 Å². The highest BCUT2D eigenvalue weighted by Crippen LogP contribution is 2.30. The van der Waals surface area contributed by atoms with Gasteiger partial charge in [0, 0.05) is 17.8 Å². The van der Waals surface area contributed by atoms with E-state index in [1.165, 1.54) is 31.2 Å². The number of nitro groups is 1. The molecule has 1 heterocycles. The van der Waals surface area contributed by atoms with Gasteiger partial charge in [-0.1, -0.05) is 26.0 Å². The second-order valence-corrected chi connectivity index (χ2v) is 7.58. The van der Waals surface area contributed by atoms with Gasteiger partial charge in [0.15, 0.2) is 0 Å². The molecule has 0 aliphatic carbocycles. The lowest BCUT2D eigenvalue weighted by molar-refractivity contribution is -0.384. The quantitative estimate of drug-likeness (QED) is 0.430. The average molecular weight is 410 g/mol. The summed E-state index contributed by atoms with van der Waals surface area (Å²) < 4.78 is 0. The summed E-state index contributed by atoms with van der Waals surface area (Å²) in [5, 5.41) is 16.1. The summed E-state index contributed by atoms with van der Waals surface area (Å²) >= 11 is 0. The number of nitrogens with zero attached hydrogens (tertiary/aromatic N) is 2. The number of urea groups is 1. The van der Waals surface area contributed by atoms with E-state index in [1.54, 1.807) is 6.07 Å². The van der Waals surface area contributed by atoms with Gasteiger partial charge in [-0.05, 0) is 48.2 Å². The van der Waals surface area contributed by atoms with Crippen LogP contribution in [0.5, 0.6) is 0 Å². The molecule has 1 saturated heterocycles. The number of carbonyl (C=O) groups excluding carboxylic acids is 3. The molecule has 30 heavy (non-hydrogen) atoms. The second-order valence-electron chi connectivity index (χ2n) is 7.58. The van der Waals surface area contributed by atoms with E-state index >= 15 is 0 Å². The van der Waals surface area contributed by atoms with Crippen molar-refractivity contribution in [3.63, 3.8) is 0 Å². The van der Waals surface area contributed by atoms with E-state index in [0.717, 1.165) is 10.5 Å². The van der Waals surface area contributed by atoms with Crippen LogP contribution in [0.25, 0.3) is 0 Å². The van der Waals surface area contributed by atoms with E-state index in [2.05, 4.69) is 10.6 Å². The van der Waals surface area contributed by atoms with Crippen molar-refractivity contribution in [1.82, 2.24) is 10.2 Å². The summed E-state index contributed by atoms with van der Waals surface area (Å²) in [5.74, 6) is -0.824. The summed E-state index contributed by atoms with van der Waals surface area (Å²) in [6.07, 6.45) is 0. The molecule has 0 spiro atoms.